The second-order valence-corrected chi connectivity index (χ2v) is 6.77. The normalized spacial score (nSPS) is 12.8. The summed E-state index contributed by atoms with van der Waals surface area (Å²) in [6, 6.07) is 7.39. The molecule has 0 radical (unpaired) electrons. The molecule has 1 aromatic carbocycles. The summed E-state index contributed by atoms with van der Waals surface area (Å²) >= 11 is 6.09. The van der Waals surface area contributed by atoms with Crippen LogP contribution in [0.4, 0.5) is 0 Å². The van der Waals surface area contributed by atoms with Gasteiger partial charge >= 0.3 is 5.69 Å². The van der Waals surface area contributed by atoms with Crippen molar-refractivity contribution >= 4 is 17.5 Å². The number of nitrogens with one attached hydrogen (secondary N) is 1. The van der Waals surface area contributed by atoms with Crippen molar-refractivity contribution < 1.29 is 9.90 Å². The molecule has 1 heterocycles. The van der Waals surface area contributed by atoms with Crippen LogP contribution in [-0.2, 0) is 37.1 Å². The van der Waals surface area contributed by atoms with Crippen LogP contribution in [0.1, 0.15) is 35.4 Å². The van der Waals surface area contributed by atoms with Crippen LogP contribution in [-0.4, -0.2) is 27.2 Å². The number of halogens is 1. The molecular formula is C19H22ClN3O3. The van der Waals surface area contributed by atoms with E-state index in [1.807, 2.05) is 18.2 Å². The average molecular weight is 376 g/mol. The first-order valence-electron chi connectivity index (χ1n) is 8.82. The fourth-order valence-corrected chi connectivity index (χ4v) is 3.59. The lowest BCUT2D eigenvalue weighted by Gasteiger charge is -2.13. The number of carbonyl (C=O) groups is 1. The van der Waals surface area contributed by atoms with Crippen molar-refractivity contribution in [3.8, 4) is 0 Å². The van der Waals surface area contributed by atoms with Crippen molar-refractivity contribution in [1.82, 2.24) is 14.9 Å². The van der Waals surface area contributed by atoms with Crippen molar-refractivity contribution in [1.29, 1.82) is 0 Å². The SMILES string of the molecule is O=C(CCc1nc(=O)n(CCO)c2c1CCC2)NCc1ccccc1Cl. The summed E-state index contributed by atoms with van der Waals surface area (Å²) in [5.74, 6) is -0.0991. The molecule has 1 aliphatic rings. The highest BCUT2D eigenvalue weighted by molar-refractivity contribution is 6.31. The Balaban J connectivity index is 1.64. The van der Waals surface area contributed by atoms with Gasteiger partial charge in [-0.05, 0) is 42.9 Å². The molecule has 1 aromatic heterocycles. The first-order chi connectivity index (χ1) is 12.6. The Hall–Kier alpha value is -2.18. The topological polar surface area (TPSA) is 84.2 Å². The van der Waals surface area contributed by atoms with E-state index in [1.54, 1.807) is 10.6 Å². The van der Waals surface area contributed by atoms with Crippen LogP contribution in [0.25, 0.3) is 0 Å². The third-order valence-corrected chi connectivity index (χ3v) is 5.04. The molecule has 138 valence electrons. The van der Waals surface area contributed by atoms with Crippen LogP contribution < -0.4 is 11.0 Å². The lowest BCUT2D eigenvalue weighted by atomic mass is 10.1. The lowest BCUT2D eigenvalue weighted by Crippen LogP contribution is -2.30. The van der Waals surface area contributed by atoms with Gasteiger partial charge < -0.3 is 10.4 Å². The third-order valence-electron chi connectivity index (χ3n) is 4.67. The molecule has 1 aliphatic carbocycles. The second-order valence-electron chi connectivity index (χ2n) is 6.36. The molecule has 3 rings (SSSR count). The molecule has 0 aliphatic heterocycles. The lowest BCUT2D eigenvalue weighted by molar-refractivity contribution is -0.121. The number of benzene rings is 1. The van der Waals surface area contributed by atoms with E-state index in [-0.39, 0.29) is 31.2 Å². The first kappa shape index (κ1) is 18.6. The average Bonchev–Trinajstić information content (AvgIpc) is 3.12. The van der Waals surface area contributed by atoms with Crippen LogP contribution in [0, 0.1) is 0 Å². The largest absolute Gasteiger partial charge is 0.395 e. The maximum Gasteiger partial charge on any atom is 0.348 e. The number of aliphatic hydroxyl groups is 1. The Labute approximate surface area is 156 Å². The van der Waals surface area contributed by atoms with Crippen molar-refractivity contribution in [3.63, 3.8) is 0 Å². The smallest absolute Gasteiger partial charge is 0.348 e. The van der Waals surface area contributed by atoms with E-state index in [0.717, 1.165) is 36.1 Å². The highest BCUT2D eigenvalue weighted by atomic mass is 35.5. The van der Waals surface area contributed by atoms with Crippen LogP contribution in [0.2, 0.25) is 5.02 Å². The second kappa shape index (κ2) is 8.47. The minimum atomic E-state index is -0.342. The Morgan fingerprint density at radius 1 is 1.31 bits per heavy atom. The Morgan fingerprint density at radius 2 is 2.12 bits per heavy atom. The Kier molecular flexibility index (Phi) is 6.06. The molecule has 0 unspecified atom stereocenters. The number of hydrogen-bond donors (Lipinski definition) is 2. The minimum Gasteiger partial charge on any atom is -0.395 e. The van der Waals surface area contributed by atoms with Gasteiger partial charge in [0.25, 0.3) is 0 Å². The van der Waals surface area contributed by atoms with Gasteiger partial charge in [-0.15, -0.1) is 0 Å². The zero-order valence-corrected chi connectivity index (χ0v) is 15.3. The molecule has 0 saturated carbocycles. The van der Waals surface area contributed by atoms with Gasteiger partial charge in [0.15, 0.2) is 0 Å². The molecule has 0 atom stereocenters. The number of fused-ring (bicyclic) bond motifs is 1. The molecule has 1 amide bonds. The number of hydrogen-bond acceptors (Lipinski definition) is 4. The quantitative estimate of drug-likeness (QED) is 0.770. The Bertz CT molecular complexity index is 864. The van der Waals surface area contributed by atoms with E-state index in [2.05, 4.69) is 10.3 Å². The molecule has 6 nitrogen and oxygen atoms in total. The zero-order valence-electron chi connectivity index (χ0n) is 14.5. The number of aromatic nitrogens is 2. The van der Waals surface area contributed by atoms with Crippen molar-refractivity contribution in [2.75, 3.05) is 6.61 Å². The predicted molar refractivity (Wildman–Crippen MR) is 99.2 cm³/mol. The van der Waals surface area contributed by atoms with Crippen LogP contribution in [0.3, 0.4) is 0 Å². The molecule has 26 heavy (non-hydrogen) atoms. The van der Waals surface area contributed by atoms with Gasteiger partial charge in [-0.2, -0.15) is 4.98 Å². The number of aryl methyl sites for hydroxylation is 1. The van der Waals surface area contributed by atoms with E-state index in [0.29, 0.717) is 23.7 Å². The highest BCUT2D eigenvalue weighted by Gasteiger charge is 2.21. The Morgan fingerprint density at radius 3 is 2.88 bits per heavy atom. The van der Waals surface area contributed by atoms with Crippen molar-refractivity contribution in [2.45, 2.75) is 45.2 Å². The molecule has 7 heteroatoms. The van der Waals surface area contributed by atoms with Gasteiger partial charge in [0.1, 0.15) is 0 Å². The summed E-state index contributed by atoms with van der Waals surface area (Å²) in [6.07, 6.45) is 3.36. The summed E-state index contributed by atoms with van der Waals surface area (Å²) in [7, 11) is 0. The first-order valence-corrected chi connectivity index (χ1v) is 9.20. The summed E-state index contributed by atoms with van der Waals surface area (Å²) in [5, 5.41) is 12.6. The molecule has 0 bridgehead atoms. The summed E-state index contributed by atoms with van der Waals surface area (Å²) in [5.41, 5.74) is 3.27. The van der Waals surface area contributed by atoms with Gasteiger partial charge in [-0.3, -0.25) is 9.36 Å². The maximum absolute atomic E-state index is 12.2. The van der Waals surface area contributed by atoms with Gasteiger partial charge in [-0.25, -0.2) is 4.79 Å². The van der Waals surface area contributed by atoms with E-state index < -0.39 is 0 Å². The van der Waals surface area contributed by atoms with Gasteiger partial charge in [-0.1, -0.05) is 29.8 Å². The van der Waals surface area contributed by atoms with E-state index in [1.165, 1.54) is 0 Å². The molecule has 2 N–H and O–H groups in total. The van der Waals surface area contributed by atoms with Crippen molar-refractivity contribution in [3.05, 3.63) is 62.3 Å². The molecule has 2 aromatic rings. The number of aliphatic hydroxyl groups excluding tert-OH is 1. The molecule has 0 saturated heterocycles. The minimum absolute atomic E-state index is 0.0855. The van der Waals surface area contributed by atoms with Gasteiger partial charge in [0.2, 0.25) is 5.91 Å². The monoisotopic (exact) mass is 375 g/mol. The highest BCUT2D eigenvalue weighted by Crippen LogP contribution is 2.23. The molecule has 0 spiro atoms. The third kappa shape index (κ3) is 4.14. The van der Waals surface area contributed by atoms with E-state index >= 15 is 0 Å². The number of amides is 1. The zero-order chi connectivity index (χ0) is 18.5. The summed E-state index contributed by atoms with van der Waals surface area (Å²) in [4.78, 5) is 28.5. The number of carbonyl (C=O) groups excluding carboxylic acids is 1. The van der Waals surface area contributed by atoms with Crippen LogP contribution >= 0.6 is 11.6 Å². The molecule has 0 fully saturated rings. The van der Waals surface area contributed by atoms with Crippen molar-refractivity contribution in [2.24, 2.45) is 0 Å². The summed E-state index contributed by atoms with van der Waals surface area (Å²) in [6.45, 7) is 0.562. The summed E-state index contributed by atoms with van der Waals surface area (Å²) < 4.78 is 1.56. The van der Waals surface area contributed by atoms with Gasteiger partial charge in [0, 0.05) is 23.7 Å². The maximum atomic E-state index is 12.2. The number of rotatable bonds is 7. The van der Waals surface area contributed by atoms with Gasteiger partial charge in [0.05, 0.1) is 18.8 Å². The number of nitrogens with zero attached hydrogens (tertiary/aromatic N) is 2. The van der Waals surface area contributed by atoms with Crippen LogP contribution in [0.15, 0.2) is 29.1 Å². The van der Waals surface area contributed by atoms with E-state index in [4.69, 9.17) is 16.7 Å². The standard InChI is InChI=1S/C19H22ClN3O3/c20-15-6-2-1-4-13(15)12-21-18(25)9-8-16-14-5-3-7-17(14)23(10-11-24)19(26)22-16/h1-2,4,6,24H,3,5,7-12H2,(H,21,25). The molecular weight excluding hydrogens is 354 g/mol. The fraction of sp³-hybridized carbons (Fsp3) is 0.421. The van der Waals surface area contributed by atoms with E-state index in [9.17, 15) is 9.59 Å². The fourth-order valence-electron chi connectivity index (χ4n) is 3.39. The predicted octanol–water partition coefficient (Wildman–Crippen LogP) is 1.63. The van der Waals surface area contributed by atoms with Crippen LogP contribution in [0.5, 0.6) is 0 Å².